The van der Waals surface area contributed by atoms with Crippen molar-refractivity contribution in [3.63, 3.8) is 0 Å². The molecule has 1 atom stereocenters. The van der Waals surface area contributed by atoms with Gasteiger partial charge in [0, 0.05) is 32.1 Å². The van der Waals surface area contributed by atoms with Gasteiger partial charge in [-0.25, -0.2) is 0 Å². The molecular weight excluding hydrogens is 238 g/mol. The molecule has 0 saturated heterocycles. The van der Waals surface area contributed by atoms with Gasteiger partial charge in [0.05, 0.1) is 12.2 Å². The first-order chi connectivity index (χ1) is 9.06. The van der Waals surface area contributed by atoms with Crippen molar-refractivity contribution in [2.24, 2.45) is 5.92 Å². The van der Waals surface area contributed by atoms with Gasteiger partial charge in [-0.3, -0.25) is 4.79 Å². The fourth-order valence-corrected chi connectivity index (χ4v) is 2.62. The normalized spacial score (nSPS) is 20.2. The number of Topliss-reactive ketones (excluding diaryl/α,β-unsaturated/α-hetero) is 1. The number of ether oxygens (including phenoxy) is 1. The number of hydrogen-bond acceptors (Lipinski definition) is 3. The van der Waals surface area contributed by atoms with Crippen LogP contribution < -0.4 is 0 Å². The maximum absolute atomic E-state index is 12.6. The molecule has 0 saturated carbocycles. The Hall–Kier alpha value is -1.25. The maximum Gasteiger partial charge on any atom is 0.171 e. The molecule has 108 valence electrons. The monoisotopic (exact) mass is 265 g/mol. The molecule has 0 fully saturated rings. The average molecular weight is 265 g/mol. The first-order valence-corrected chi connectivity index (χ1v) is 7.34. The summed E-state index contributed by atoms with van der Waals surface area (Å²) < 4.78 is 5.73. The molecule has 1 rings (SSSR count). The summed E-state index contributed by atoms with van der Waals surface area (Å²) in [5.41, 5.74) is 1.82. The number of carbonyl (C=O) groups is 1. The van der Waals surface area contributed by atoms with E-state index >= 15 is 0 Å². The third-order valence-electron chi connectivity index (χ3n) is 3.42. The van der Waals surface area contributed by atoms with Gasteiger partial charge < -0.3 is 9.64 Å². The molecule has 0 aliphatic heterocycles. The van der Waals surface area contributed by atoms with Crippen molar-refractivity contribution in [1.82, 2.24) is 4.90 Å². The van der Waals surface area contributed by atoms with Crippen LogP contribution in [0.3, 0.4) is 0 Å². The van der Waals surface area contributed by atoms with E-state index in [-0.39, 0.29) is 11.7 Å². The third-order valence-corrected chi connectivity index (χ3v) is 3.42. The highest BCUT2D eigenvalue weighted by atomic mass is 16.5. The molecule has 3 nitrogen and oxygen atoms in total. The molecule has 1 aliphatic carbocycles. The highest BCUT2D eigenvalue weighted by Crippen LogP contribution is 2.36. The zero-order valence-corrected chi connectivity index (χ0v) is 13.0. The second kappa shape index (κ2) is 7.37. The molecule has 0 N–H and O–H groups in total. The molecule has 0 radical (unpaired) electrons. The van der Waals surface area contributed by atoms with Crippen molar-refractivity contribution < 1.29 is 9.53 Å². The van der Waals surface area contributed by atoms with Crippen LogP contribution in [0, 0.1) is 5.92 Å². The minimum atomic E-state index is 0.113. The van der Waals surface area contributed by atoms with Crippen molar-refractivity contribution in [1.29, 1.82) is 0 Å². The van der Waals surface area contributed by atoms with E-state index in [0.29, 0.717) is 6.61 Å². The molecule has 3 heteroatoms. The number of ketones is 1. The molecular formula is C16H27NO2. The van der Waals surface area contributed by atoms with Crippen LogP contribution in [0.5, 0.6) is 0 Å². The summed E-state index contributed by atoms with van der Waals surface area (Å²) in [6.45, 7) is 6.81. The Balaban J connectivity index is 3.12. The minimum absolute atomic E-state index is 0.113. The van der Waals surface area contributed by atoms with Crippen LogP contribution in [0.2, 0.25) is 0 Å². The topological polar surface area (TPSA) is 29.5 Å². The summed E-state index contributed by atoms with van der Waals surface area (Å²) >= 11 is 0. The Morgan fingerprint density at radius 1 is 1.37 bits per heavy atom. The fourth-order valence-electron chi connectivity index (χ4n) is 2.62. The van der Waals surface area contributed by atoms with Crippen LogP contribution >= 0.6 is 0 Å². The van der Waals surface area contributed by atoms with Crippen LogP contribution in [0.25, 0.3) is 0 Å². The van der Waals surface area contributed by atoms with Crippen molar-refractivity contribution in [3.8, 4) is 0 Å². The zero-order chi connectivity index (χ0) is 14.4. The first-order valence-electron chi connectivity index (χ1n) is 7.34. The summed E-state index contributed by atoms with van der Waals surface area (Å²) in [6.07, 6.45) is 5.79. The van der Waals surface area contributed by atoms with Crippen LogP contribution in [-0.4, -0.2) is 31.4 Å². The van der Waals surface area contributed by atoms with Gasteiger partial charge >= 0.3 is 0 Å². The van der Waals surface area contributed by atoms with Gasteiger partial charge in [0.1, 0.15) is 5.76 Å². The molecule has 1 unspecified atom stereocenters. The summed E-state index contributed by atoms with van der Waals surface area (Å²) in [7, 11) is 3.97. The number of allylic oxidation sites excluding steroid dienone is 3. The van der Waals surface area contributed by atoms with Crippen LogP contribution in [-0.2, 0) is 9.53 Å². The molecule has 0 aromatic carbocycles. The lowest BCUT2D eigenvalue weighted by Crippen LogP contribution is -2.19. The highest BCUT2D eigenvalue weighted by molar-refractivity contribution is 6.03. The van der Waals surface area contributed by atoms with Crippen molar-refractivity contribution >= 4 is 5.78 Å². The summed E-state index contributed by atoms with van der Waals surface area (Å²) in [6, 6.07) is 0. The molecule has 0 bridgehead atoms. The van der Waals surface area contributed by atoms with Crippen molar-refractivity contribution in [2.75, 3.05) is 20.7 Å². The minimum Gasteiger partial charge on any atom is -0.497 e. The Morgan fingerprint density at radius 3 is 2.53 bits per heavy atom. The molecule has 0 heterocycles. The Labute approximate surface area is 117 Å². The molecule has 0 aromatic rings. The predicted octanol–water partition coefficient (Wildman–Crippen LogP) is 3.52. The van der Waals surface area contributed by atoms with E-state index in [1.54, 1.807) is 0 Å². The lowest BCUT2D eigenvalue weighted by molar-refractivity contribution is -0.118. The molecule has 0 spiro atoms. The van der Waals surface area contributed by atoms with Gasteiger partial charge in [0.15, 0.2) is 5.78 Å². The van der Waals surface area contributed by atoms with E-state index in [0.717, 1.165) is 42.7 Å². The van der Waals surface area contributed by atoms with Gasteiger partial charge in [-0.05, 0) is 19.8 Å². The SMILES string of the molecule is CC/C=C(/C1=C(OCC)CC(CCC)C1=O)N(C)C. The maximum atomic E-state index is 12.6. The Kier molecular flexibility index (Phi) is 6.13. The number of carbonyl (C=O) groups excluding carboxylic acids is 1. The molecule has 19 heavy (non-hydrogen) atoms. The lowest BCUT2D eigenvalue weighted by Gasteiger charge is -2.19. The Bertz CT molecular complexity index is 380. The highest BCUT2D eigenvalue weighted by Gasteiger charge is 2.35. The van der Waals surface area contributed by atoms with E-state index in [2.05, 4.69) is 19.9 Å². The van der Waals surface area contributed by atoms with E-state index in [1.165, 1.54) is 0 Å². The van der Waals surface area contributed by atoms with E-state index in [4.69, 9.17) is 4.74 Å². The van der Waals surface area contributed by atoms with Crippen LogP contribution in [0.1, 0.15) is 46.5 Å². The number of hydrogen-bond donors (Lipinski definition) is 0. The van der Waals surface area contributed by atoms with Crippen molar-refractivity contribution in [3.05, 3.63) is 23.1 Å². The molecule has 1 aliphatic rings. The quantitative estimate of drug-likeness (QED) is 0.705. The summed E-state index contributed by atoms with van der Waals surface area (Å²) in [5.74, 6) is 1.26. The number of nitrogens with zero attached hydrogens (tertiary/aromatic N) is 1. The summed E-state index contributed by atoms with van der Waals surface area (Å²) in [5, 5.41) is 0. The largest absolute Gasteiger partial charge is 0.497 e. The standard InChI is InChI=1S/C16H27NO2/c1-6-9-12-11-14(19-8-3)15(16(12)18)13(10-7-2)17(4)5/h10,12H,6-9,11H2,1-5H3/b13-10-. The van der Waals surface area contributed by atoms with E-state index in [9.17, 15) is 4.79 Å². The van der Waals surface area contributed by atoms with Crippen molar-refractivity contribution in [2.45, 2.75) is 46.5 Å². The second-order valence-electron chi connectivity index (χ2n) is 5.18. The number of likely N-dealkylation sites (N-methyl/N-ethyl adjacent to an activating group) is 1. The third kappa shape index (κ3) is 3.62. The smallest absolute Gasteiger partial charge is 0.171 e. The van der Waals surface area contributed by atoms with Gasteiger partial charge in [0.25, 0.3) is 0 Å². The first kappa shape index (κ1) is 15.8. The fraction of sp³-hybridized carbons (Fsp3) is 0.688. The molecule has 0 aromatic heterocycles. The zero-order valence-electron chi connectivity index (χ0n) is 13.0. The summed E-state index contributed by atoms with van der Waals surface area (Å²) in [4.78, 5) is 14.6. The van der Waals surface area contributed by atoms with Crippen LogP contribution in [0.4, 0.5) is 0 Å². The lowest BCUT2D eigenvalue weighted by atomic mass is 9.97. The van der Waals surface area contributed by atoms with E-state index < -0.39 is 0 Å². The predicted molar refractivity (Wildman–Crippen MR) is 78.7 cm³/mol. The van der Waals surface area contributed by atoms with Gasteiger partial charge in [-0.1, -0.05) is 26.3 Å². The van der Waals surface area contributed by atoms with Crippen LogP contribution in [0.15, 0.2) is 23.1 Å². The van der Waals surface area contributed by atoms with Gasteiger partial charge in [-0.15, -0.1) is 0 Å². The van der Waals surface area contributed by atoms with Gasteiger partial charge in [0.2, 0.25) is 0 Å². The Morgan fingerprint density at radius 2 is 2.05 bits per heavy atom. The molecule has 0 amide bonds. The average Bonchev–Trinajstić information content (AvgIpc) is 2.64. The number of rotatable bonds is 7. The van der Waals surface area contributed by atoms with E-state index in [1.807, 2.05) is 25.9 Å². The van der Waals surface area contributed by atoms with Gasteiger partial charge in [-0.2, -0.15) is 0 Å². The second-order valence-corrected chi connectivity index (χ2v) is 5.18.